The number of nitro benzene ring substituents is 1. The van der Waals surface area contributed by atoms with E-state index in [1.165, 1.54) is 13.0 Å². The van der Waals surface area contributed by atoms with Crippen LogP contribution in [0.25, 0.3) is 0 Å². The SMILES string of the molecule is Cc1cc(Cl)c(C(O)C(=O)O)cc1[N+](=O)[O-]. The molecule has 0 heterocycles. The van der Waals surface area contributed by atoms with Gasteiger partial charge < -0.3 is 10.2 Å². The third kappa shape index (κ3) is 2.29. The zero-order valence-electron chi connectivity index (χ0n) is 8.18. The molecule has 0 saturated heterocycles. The molecule has 1 unspecified atom stereocenters. The molecule has 86 valence electrons. The lowest BCUT2D eigenvalue weighted by Crippen LogP contribution is -2.11. The van der Waals surface area contributed by atoms with E-state index in [9.17, 15) is 20.0 Å². The number of nitro groups is 1. The summed E-state index contributed by atoms with van der Waals surface area (Å²) >= 11 is 5.70. The molecule has 0 amide bonds. The van der Waals surface area contributed by atoms with Crippen molar-refractivity contribution in [3.05, 3.63) is 38.4 Å². The first-order valence-electron chi connectivity index (χ1n) is 4.20. The van der Waals surface area contributed by atoms with Gasteiger partial charge in [-0.3, -0.25) is 10.1 Å². The normalized spacial score (nSPS) is 12.2. The number of halogens is 1. The summed E-state index contributed by atoms with van der Waals surface area (Å²) in [5, 5.41) is 28.4. The molecule has 0 radical (unpaired) electrons. The van der Waals surface area contributed by atoms with Gasteiger partial charge in [-0.25, -0.2) is 4.79 Å². The Hall–Kier alpha value is -1.66. The number of carbonyl (C=O) groups is 1. The highest BCUT2D eigenvalue weighted by Gasteiger charge is 2.23. The largest absolute Gasteiger partial charge is 0.479 e. The molecule has 0 aliphatic carbocycles. The lowest BCUT2D eigenvalue weighted by Gasteiger charge is -2.09. The number of hydrogen-bond donors (Lipinski definition) is 2. The van der Waals surface area contributed by atoms with Crippen LogP contribution in [-0.2, 0) is 4.79 Å². The Kier molecular flexibility index (Phi) is 3.46. The predicted octanol–water partition coefficient (Wildman–Crippen LogP) is 1.67. The molecular weight excluding hydrogens is 238 g/mol. The number of aliphatic carboxylic acids is 1. The highest BCUT2D eigenvalue weighted by atomic mass is 35.5. The fraction of sp³-hybridized carbons (Fsp3) is 0.222. The van der Waals surface area contributed by atoms with Crippen LogP contribution in [0.3, 0.4) is 0 Å². The molecular formula is C9H8ClNO5. The zero-order valence-corrected chi connectivity index (χ0v) is 8.93. The van der Waals surface area contributed by atoms with Crippen LogP contribution in [0.4, 0.5) is 5.69 Å². The highest BCUT2D eigenvalue weighted by molar-refractivity contribution is 6.31. The van der Waals surface area contributed by atoms with E-state index in [0.717, 1.165) is 6.07 Å². The smallest absolute Gasteiger partial charge is 0.337 e. The van der Waals surface area contributed by atoms with E-state index in [1.807, 2.05) is 0 Å². The molecule has 7 heteroatoms. The summed E-state index contributed by atoms with van der Waals surface area (Å²) in [6.45, 7) is 1.47. The standard InChI is InChI=1S/C9H8ClNO5/c1-4-2-6(10)5(8(12)9(13)14)3-7(4)11(15)16/h2-3,8,12H,1H3,(H,13,14). The van der Waals surface area contributed by atoms with Crippen molar-refractivity contribution in [3.63, 3.8) is 0 Å². The number of carboxylic acid groups (broad SMARTS) is 1. The van der Waals surface area contributed by atoms with Crippen molar-refractivity contribution in [2.45, 2.75) is 13.0 Å². The van der Waals surface area contributed by atoms with Crippen LogP contribution in [0.1, 0.15) is 17.2 Å². The number of nitrogens with zero attached hydrogens (tertiary/aromatic N) is 1. The molecule has 2 N–H and O–H groups in total. The fourth-order valence-electron chi connectivity index (χ4n) is 1.22. The van der Waals surface area contributed by atoms with Crippen molar-refractivity contribution in [3.8, 4) is 0 Å². The second-order valence-electron chi connectivity index (χ2n) is 3.16. The van der Waals surface area contributed by atoms with Gasteiger partial charge in [0.25, 0.3) is 5.69 Å². The number of aryl methyl sites for hydroxylation is 1. The van der Waals surface area contributed by atoms with Gasteiger partial charge in [-0.15, -0.1) is 0 Å². The number of hydrogen-bond acceptors (Lipinski definition) is 4. The minimum atomic E-state index is -1.87. The third-order valence-electron chi connectivity index (χ3n) is 2.04. The van der Waals surface area contributed by atoms with Gasteiger partial charge in [0.2, 0.25) is 0 Å². The van der Waals surface area contributed by atoms with Gasteiger partial charge in [0, 0.05) is 22.2 Å². The Morgan fingerprint density at radius 3 is 2.56 bits per heavy atom. The lowest BCUT2D eigenvalue weighted by molar-refractivity contribution is -0.385. The van der Waals surface area contributed by atoms with Crippen molar-refractivity contribution in [2.24, 2.45) is 0 Å². The Labute approximate surface area is 95.2 Å². The monoisotopic (exact) mass is 245 g/mol. The maximum Gasteiger partial charge on any atom is 0.337 e. The van der Waals surface area contributed by atoms with Gasteiger partial charge >= 0.3 is 5.97 Å². The molecule has 1 aromatic rings. The van der Waals surface area contributed by atoms with E-state index in [2.05, 4.69) is 0 Å². The summed E-state index contributed by atoms with van der Waals surface area (Å²) in [5.74, 6) is -1.51. The molecule has 16 heavy (non-hydrogen) atoms. The van der Waals surface area contributed by atoms with Gasteiger partial charge in [0.15, 0.2) is 6.10 Å². The van der Waals surface area contributed by atoms with E-state index in [1.54, 1.807) is 0 Å². The topological polar surface area (TPSA) is 101 Å². The maximum absolute atomic E-state index is 10.6. The molecule has 6 nitrogen and oxygen atoms in total. The number of rotatable bonds is 3. The summed E-state index contributed by atoms with van der Waals surface area (Å²) in [5.41, 5.74) is -0.164. The summed E-state index contributed by atoms with van der Waals surface area (Å²) in [4.78, 5) is 20.5. The van der Waals surface area contributed by atoms with Crippen LogP contribution in [0.15, 0.2) is 12.1 Å². The van der Waals surface area contributed by atoms with Crippen molar-refractivity contribution in [1.82, 2.24) is 0 Å². The van der Waals surface area contributed by atoms with Gasteiger partial charge in [-0.1, -0.05) is 11.6 Å². The van der Waals surface area contributed by atoms with E-state index in [0.29, 0.717) is 5.56 Å². The van der Waals surface area contributed by atoms with Crippen molar-refractivity contribution < 1.29 is 19.9 Å². The number of aliphatic hydroxyl groups excluding tert-OH is 1. The van der Waals surface area contributed by atoms with Gasteiger partial charge in [0.05, 0.1) is 4.92 Å². The maximum atomic E-state index is 10.6. The molecule has 0 bridgehead atoms. The fourth-order valence-corrected chi connectivity index (χ4v) is 1.54. The minimum Gasteiger partial charge on any atom is -0.479 e. The predicted molar refractivity (Wildman–Crippen MR) is 55.4 cm³/mol. The molecule has 1 aromatic carbocycles. The molecule has 0 aromatic heterocycles. The van der Waals surface area contributed by atoms with Crippen molar-refractivity contribution in [2.75, 3.05) is 0 Å². The summed E-state index contributed by atoms with van der Waals surface area (Å²) in [6, 6.07) is 2.22. The minimum absolute atomic E-state index is 0.0157. The van der Waals surface area contributed by atoms with Gasteiger partial charge in [0.1, 0.15) is 0 Å². The first-order valence-corrected chi connectivity index (χ1v) is 4.57. The average Bonchev–Trinajstić information content (AvgIpc) is 2.16. The molecule has 0 saturated carbocycles. The Morgan fingerprint density at radius 2 is 2.12 bits per heavy atom. The van der Waals surface area contributed by atoms with Crippen LogP contribution < -0.4 is 0 Å². The molecule has 0 fully saturated rings. The first-order chi connectivity index (χ1) is 7.34. The van der Waals surface area contributed by atoms with E-state index in [4.69, 9.17) is 16.7 Å². The van der Waals surface area contributed by atoms with E-state index >= 15 is 0 Å². The third-order valence-corrected chi connectivity index (χ3v) is 2.37. The number of carboxylic acids is 1. The molecule has 0 aliphatic rings. The van der Waals surface area contributed by atoms with Gasteiger partial charge in [-0.05, 0) is 13.0 Å². The van der Waals surface area contributed by atoms with Crippen molar-refractivity contribution in [1.29, 1.82) is 0 Å². The zero-order chi connectivity index (χ0) is 12.5. The second-order valence-corrected chi connectivity index (χ2v) is 3.57. The lowest BCUT2D eigenvalue weighted by atomic mass is 10.1. The summed E-state index contributed by atoms with van der Waals surface area (Å²) in [6.07, 6.45) is -1.87. The molecule has 0 aliphatic heterocycles. The molecule has 1 atom stereocenters. The quantitative estimate of drug-likeness (QED) is 0.623. The number of benzene rings is 1. The Morgan fingerprint density at radius 1 is 1.56 bits per heavy atom. The number of aliphatic hydroxyl groups is 1. The van der Waals surface area contributed by atoms with E-state index in [-0.39, 0.29) is 16.3 Å². The Balaban J connectivity index is 3.35. The van der Waals surface area contributed by atoms with Crippen molar-refractivity contribution >= 4 is 23.3 Å². The van der Waals surface area contributed by atoms with Crippen LogP contribution >= 0.6 is 11.6 Å². The van der Waals surface area contributed by atoms with Crippen LogP contribution in [0, 0.1) is 17.0 Å². The van der Waals surface area contributed by atoms with Crippen LogP contribution in [0.2, 0.25) is 5.02 Å². The highest BCUT2D eigenvalue weighted by Crippen LogP contribution is 2.30. The van der Waals surface area contributed by atoms with Gasteiger partial charge in [-0.2, -0.15) is 0 Å². The summed E-state index contributed by atoms with van der Waals surface area (Å²) in [7, 11) is 0. The first kappa shape index (κ1) is 12.4. The summed E-state index contributed by atoms with van der Waals surface area (Å²) < 4.78 is 0. The van der Waals surface area contributed by atoms with E-state index < -0.39 is 17.0 Å². The van der Waals surface area contributed by atoms with Crippen LogP contribution in [-0.4, -0.2) is 21.1 Å². The molecule has 0 spiro atoms. The second kappa shape index (κ2) is 4.46. The molecule has 1 rings (SSSR count). The Bertz CT molecular complexity index is 459. The van der Waals surface area contributed by atoms with Crippen LogP contribution in [0.5, 0.6) is 0 Å². The average molecular weight is 246 g/mol.